The maximum absolute atomic E-state index is 13.1. The summed E-state index contributed by atoms with van der Waals surface area (Å²) in [5.41, 5.74) is 4.45. The van der Waals surface area contributed by atoms with E-state index in [0.29, 0.717) is 13.2 Å². The average molecular weight is 397 g/mol. The fourth-order valence-electron chi connectivity index (χ4n) is 3.46. The van der Waals surface area contributed by atoms with Gasteiger partial charge in [-0.25, -0.2) is 4.39 Å². The average Bonchev–Trinajstić information content (AvgIpc) is 2.81. The molecule has 3 heteroatoms. The van der Waals surface area contributed by atoms with Crippen molar-refractivity contribution in [2.75, 3.05) is 0 Å². The van der Waals surface area contributed by atoms with Crippen LogP contribution >= 0.6 is 0 Å². The van der Waals surface area contributed by atoms with E-state index < -0.39 is 0 Å². The van der Waals surface area contributed by atoms with Gasteiger partial charge in [-0.1, -0.05) is 91.0 Å². The van der Waals surface area contributed by atoms with Crippen LogP contribution in [0.1, 0.15) is 28.3 Å². The van der Waals surface area contributed by atoms with E-state index in [0.717, 1.165) is 16.9 Å². The van der Waals surface area contributed by atoms with Crippen molar-refractivity contribution in [3.8, 4) is 5.75 Å². The minimum absolute atomic E-state index is 0.0811. The number of rotatable bonds is 8. The third-order valence-corrected chi connectivity index (χ3v) is 5.04. The Hall–Kier alpha value is -3.43. The fourth-order valence-corrected chi connectivity index (χ4v) is 3.46. The van der Waals surface area contributed by atoms with Gasteiger partial charge in [-0.15, -0.1) is 0 Å². The Morgan fingerprint density at radius 1 is 0.667 bits per heavy atom. The van der Waals surface area contributed by atoms with E-state index in [9.17, 15) is 4.39 Å². The van der Waals surface area contributed by atoms with Crippen molar-refractivity contribution in [1.29, 1.82) is 0 Å². The lowest BCUT2D eigenvalue weighted by molar-refractivity contribution is 0.301. The highest BCUT2D eigenvalue weighted by atomic mass is 19.1. The van der Waals surface area contributed by atoms with Crippen LogP contribution in [0.25, 0.3) is 0 Å². The summed E-state index contributed by atoms with van der Waals surface area (Å²) in [6.07, 6.45) is 0. The van der Waals surface area contributed by atoms with Crippen LogP contribution in [-0.4, -0.2) is 0 Å². The molecule has 0 bridgehead atoms. The molecule has 0 aliphatic rings. The summed E-state index contributed by atoms with van der Waals surface area (Å²) in [5.74, 6) is 0.588. The highest BCUT2D eigenvalue weighted by molar-refractivity contribution is 5.35. The lowest BCUT2D eigenvalue weighted by Crippen LogP contribution is -2.22. The monoisotopic (exact) mass is 397 g/mol. The van der Waals surface area contributed by atoms with Gasteiger partial charge in [0.1, 0.15) is 18.2 Å². The number of para-hydroxylation sites is 1. The predicted molar refractivity (Wildman–Crippen MR) is 119 cm³/mol. The first-order chi connectivity index (χ1) is 14.8. The number of nitrogens with one attached hydrogen (secondary N) is 1. The molecular formula is C27H24FNO. The van der Waals surface area contributed by atoms with Gasteiger partial charge in [-0.05, 0) is 34.9 Å². The molecule has 0 aliphatic carbocycles. The molecule has 0 saturated carbocycles. The van der Waals surface area contributed by atoms with E-state index in [1.54, 1.807) is 12.1 Å². The molecule has 4 aromatic rings. The topological polar surface area (TPSA) is 21.3 Å². The van der Waals surface area contributed by atoms with Crippen LogP contribution in [-0.2, 0) is 13.2 Å². The summed E-state index contributed by atoms with van der Waals surface area (Å²) >= 11 is 0. The van der Waals surface area contributed by atoms with Crippen LogP contribution in [0.15, 0.2) is 109 Å². The van der Waals surface area contributed by atoms with E-state index >= 15 is 0 Å². The van der Waals surface area contributed by atoms with Gasteiger partial charge in [0.05, 0.1) is 6.04 Å². The van der Waals surface area contributed by atoms with Gasteiger partial charge in [0, 0.05) is 12.1 Å². The molecule has 0 saturated heterocycles. The second-order valence-electron chi connectivity index (χ2n) is 7.16. The van der Waals surface area contributed by atoms with Gasteiger partial charge in [0.15, 0.2) is 0 Å². The highest BCUT2D eigenvalue weighted by Crippen LogP contribution is 2.25. The minimum atomic E-state index is -0.240. The molecule has 1 N–H and O–H groups in total. The lowest BCUT2D eigenvalue weighted by atomic mass is 9.98. The summed E-state index contributed by atoms with van der Waals surface area (Å²) < 4.78 is 19.2. The van der Waals surface area contributed by atoms with Gasteiger partial charge >= 0.3 is 0 Å². The van der Waals surface area contributed by atoms with Crippen molar-refractivity contribution in [2.24, 2.45) is 0 Å². The molecule has 0 spiro atoms. The first-order valence-electron chi connectivity index (χ1n) is 10.1. The first-order valence-corrected chi connectivity index (χ1v) is 10.1. The summed E-state index contributed by atoms with van der Waals surface area (Å²) in [4.78, 5) is 0. The zero-order valence-electron chi connectivity index (χ0n) is 16.7. The minimum Gasteiger partial charge on any atom is -0.489 e. The molecule has 2 nitrogen and oxygen atoms in total. The number of hydrogen-bond donors (Lipinski definition) is 1. The zero-order chi connectivity index (χ0) is 20.6. The molecule has 0 unspecified atom stereocenters. The molecule has 150 valence electrons. The Labute approximate surface area is 177 Å². The van der Waals surface area contributed by atoms with Gasteiger partial charge in [-0.2, -0.15) is 0 Å². The highest BCUT2D eigenvalue weighted by Gasteiger charge is 2.14. The Balaban J connectivity index is 1.49. The Kier molecular flexibility index (Phi) is 6.53. The maximum atomic E-state index is 13.1. The number of benzene rings is 4. The van der Waals surface area contributed by atoms with Crippen LogP contribution in [0, 0.1) is 5.82 Å². The first kappa shape index (κ1) is 19.9. The van der Waals surface area contributed by atoms with E-state index in [4.69, 9.17) is 4.74 Å². The summed E-state index contributed by atoms with van der Waals surface area (Å²) in [6, 6.07) is 35.4. The third-order valence-electron chi connectivity index (χ3n) is 5.04. The predicted octanol–water partition coefficient (Wildman–Crippen LogP) is 6.28. The Morgan fingerprint density at radius 3 is 1.87 bits per heavy atom. The largest absolute Gasteiger partial charge is 0.489 e. The fraction of sp³-hybridized carbons (Fsp3) is 0.111. The van der Waals surface area contributed by atoms with Crippen molar-refractivity contribution in [1.82, 2.24) is 5.32 Å². The van der Waals surface area contributed by atoms with Crippen molar-refractivity contribution in [2.45, 2.75) is 19.2 Å². The smallest absolute Gasteiger partial charge is 0.124 e. The van der Waals surface area contributed by atoms with E-state index in [1.807, 2.05) is 30.3 Å². The van der Waals surface area contributed by atoms with E-state index in [1.165, 1.54) is 23.3 Å². The van der Waals surface area contributed by atoms with E-state index in [2.05, 4.69) is 59.9 Å². The van der Waals surface area contributed by atoms with Gasteiger partial charge in [-0.3, -0.25) is 0 Å². The number of hydrogen-bond acceptors (Lipinski definition) is 2. The molecule has 0 atom stereocenters. The van der Waals surface area contributed by atoms with E-state index in [-0.39, 0.29) is 11.9 Å². The Morgan fingerprint density at radius 2 is 1.23 bits per heavy atom. The van der Waals surface area contributed by atoms with Crippen LogP contribution in [0.5, 0.6) is 5.75 Å². The van der Waals surface area contributed by atoms with Crippen molar-refractivity contribution in [3.05, 3.63) is 137 Å². The molecule has 0 aliphatic heterocycles. The van der Waals surface area contributed by atoms with Crippen LogP contribution in [0.2, 0.25) is 0 Å². The molecule has 0 heterocycles. The summed E-state index contributed by atoms with van der Waals surface area (Å²) in [7, 11) is 0. The lowest BCUT2D eigenvalue weighted by Gasteiger charge is -2.21. The zero-order valence-corrected chi connectivity index (χ0v) is 16.7. The van der Waals surface area contributed by atoms with Crippen LogP contribution < -0.4 is 10.1 Å². The number of ether oxygens (including phenoxy) is 1. The summed E-state index contributed by atoms with van der Waals surface area (Å²) in [5, 5.41) is 3.69. The second-order valence-corrected chi connectivity index (χ2v) is 7.16. The van der Waals surface area contributed by atoms with Gasteiger partial charge < -0.3 is 10.1 Å². The molecule has 4 aromatic carbocycles. The quantitative estimate of drug-likeness (QED) is 0.378. The SMILES string of the molecule is Fc1ccc(COc2ccccc2CNC(c2ccccc2)c2ccccc2)cc1. The third kappa shape index (κ3) is 5.13. The molecule has 0 aromatic heterocycles. The van der Waals surface area contributed by atoms with Crippen molar-refractivity contribution < 1.29 is 9.13 Å². The molecule has 0 amide bonds. The van der Waals surface area contributed by atoms with Crippen LogP contribution in [0.4, 0.5) is 4.39 Å². The van der Waals surface area contributed by atoms with Crippen LogP contribution in [0.3, 0.4) is 0 Å². The second kappa shape index (κ2) is 9.86. The molecular weight excluding hydrogens is 373 g/mol. The van der Waals surface area contributed by atoms with Crippen molar-refractivity contribution >= 4 is 0 Å². The van der Waals surface area contributed by atoms with Crippen molar-refractivity contribution in [3.63, 3.8) is 0 Å². The number of halogens is 1. The molecule has 0 radical (unpaired) electrons. The molecule has 0 fully saturated rings. The summed E-state index contributed by atoms with van der Waals surface area (Å²) in [6.45, 7) is 1.06. The normalized spacial score (nSPS) is 10.9. The Bertz CT molecular complexity index is 1010. The maximum Gasteiger partial charge on any atom is 0.124 e. The standard InChI is InChI=1S/C27H24FNO/c28-25-17-15-21(16-18-25)20-30-26-14-8-7-13-24(26)19-29-27(22-9-3-1-4-10-22)23-11-5-2-6-12-23/h1-18,27,29H,19-20H2. The molecule has 30 heavy (non-hydrogen) atoms. The van der Waals surface area contributed by atoms with Gasteiger partial charge in [0.2, 0.25) is 0 Å². The van der Waals surface area contributed by atoms with Gasteiger partial charge in [0.25, 0.3) is 0 Å². The molecule has 4 rings (SSSR count).